The highest BCUT2D eigenvalue weighted by Gasteiger charge is 2.30. The zero-order chi connectivity index (χ0) is 14.8. The third-order valence-electron chi connectivity index (χ3n) is 2.54. The molecule has 0 fully saturated rings. The molecule has 0 heterocycles. The van der Waals surface area contributed by atoms with Crippen molar-refractivity contribution in [1.29, 1.82) is 0 Å². The second-order valence-electron chi connectivity index (χ2n) is 4.04. The lowest BCUT2D eigenvalue weighted by Gasteiger charge is -2.18. The fourth-order valence-electron chi connectivity index (χ4n) is 1.46. The van der Waals surface area contributed by atoms with Gasteiger partial charge in [-0.25, -0.2) is 12.8 Å². The van der Waals surface area contributed by atoms with E-state index in [4.69, 9.17) is 5.11 Å². The molecule has 3 N–H and O–H groups in total. The number of hydrogen-bond donors (Lipinski definition) is 3. The lowest BCUT2D eigenvalue weighted by Crippen LogP contribution is -2.47. The molecule has 0 bridgehead atoms. The monoisotopic (exact) mass is 291 g/mol. The van der Waals surface area contributed by atoms with E-state index in [0.29, 0.717) is 0 Å². The van der Waals surface area contributed by atoms with Gasteiger partial charge in [0.25, 0.3) is 0 Å². The summed E-state index contributed by atoms with van der Waals surface area (Å²) in [7, 11) is -4.23. The summed E-state index contributed by atoms with van der Waals surface area (Å²) in [5.74, 6) is -2.24. The molecule has 0 spiro atoms. The molecule has 8 heteroatoms. The van der Waals surface area contributed by atoms with Crippen LogP contribution in [-0.2, 0) is 14.8 Å². The van der Waals surface area contributed by atoms with Gasteiger partial charge in [0, 0.05) is 5.56 Å². The molecule has 0 aliphatic heterocycles. The van der Waals surface area contributed by atoms with Gasteiger partial charge in [0.1, 0.15) is 11.9 Å². The summed E-state index contributed by atoms with van der Waals surface area (Å²) in [6.45, 7) is 2.40. The number of sulfonamides is 1. The first-order valence-electron chi connectivity index (χ1n) is 5.35. The smallest absolute Gasteiger partial charge is 0.324 e. The van der Waals surface area contributed by atoms with Gasteiger partial charge in [0.05, 0.1) is 11.0 Å². The Balaban J connectivity index is 3.18. The maximum Gasteiger partial charge on any atom is 0.324 e. The summed E-state index contributed by atoms with van der Waals surface area (Å²) in [4.78, 5) is 10.5. The van der Waals surface area contributed by atoms with E-state index < -0.39 is 34.0 Å². The van der Waals surface area contributed by atoms with Crippen molar-refractivity contribution in [2.75, 3.05) is 0 Å². The quantitative estimate of drug-likeness (QED) is 0.721. The minimum Gasteiger partial charge on any atom is -0.480 e. The highest BCUT2D eigenvalue weighted by atomic mass is 32.2. The van der Waals surface area contributed by atoms with Gasteiger partial charge in [-0.3, -0.25) is 4.79 Å². The van der Waals surface area contributed by atoms with Crippen LogP contribution in [0.25, 0.3) is 0 Å². The number of rotatable bonds is 5. The zero-order valence-electron chi connectivity index (χ0n) is 10.3. The van der Waals surface area contributed by atoms with Crippen molar-refractivity contribution in [3.63, 3.8) is 0 Å². The average Bonchev–Trinajstić information content (AvgIpc) is 2.28. The molecule has 1 rings (SSSR count). The number of halogens is 1. The predicted molar refractivity (Wildman–Crippen MR) is 64.6 cm³/mol. The maximum atomic E-state index is 13.3. The van der Waals surface area contributed by atoms with Gasteiger partial charge < -0.3 is 10.2 Å². The highest BCUT2D eigenvalue weighted by molar-refractivity contribution is 7.89. The number of benzene rings is 1. The van der Waals surface area contributed by atoms with Gasteiger partial charge in [-0.2, -0.15) is 4.72 Å². The average molecular weight is 291 g/mol. The summed E-state index contributed by atoms with van der Waals surface area (Å²) in [6, 6.07) is 1.75. The van der Waals surface area contributed by atoms with Crippen LogP contribution in [0.4, 0.5) is 4.39 Å². The second kappa shape index (κ2) is 5.64. The number of nitrogens with one attached hydrogen (secondary N) is 1. The first-order chi connectivity index (χ1) is 8.66. The number of carboxylic acid groups (broad SMARTS) is 1. The molecule has 0 aliphatic rings. The minimum absolute atomic E-state index is 0.121. The molecule has 0 saturated carbocycles. The van der Waals surface area contributed by atoms with Gasteiger partial charge in [-0.1, -0.05) is 6.07 Å². The Morgan fingerprint density at radius 1 is 1.42 bits per heavy atom. The number of carbonyl (C=O) groups is 1. The normalized spacial score (nSPS) is 14.9. The maximum absolute atomic E-state index is 13.3. The molecule has 0 saturated heterocycles. The van der Waals surface area contributed by atoms with Crippen LogP contribution in [0.2, 0.25) is 0 Å². The Morgan fingerprint density at radius 2 is 2.00 bits per heavy atom. The number of carboxylic acids is 1. The third kappa shape index (κ3) is 3.49. The summed E-state index contributed by atoms with van der Waals surface area (Å²) in [6.07, 6.45) is -1.43. The fourth-order valence-corrected chi connectivity index (χ4v) is 2.98. The molecule has 0 radical (unpaired) electrons. The minimum atomic E-state index is -4.23. The van der Waals surface area contributed by atoms with E-state index in [1.807, 2.05) is 4.72 Å². The van der Waals surface area contributed by atoms with Gasteiger partial charge >= 0.3 is 5.97 Å². The van der Waals surface area contributed by atoms with E-state index in [2.05, 4.69) is 0 Å². The standard InChI is InChI=1S/C11H14FNO5S/c1-6-8(12)4-3-5-9(6)19(17,18)13-10(7(2)14)11(15)16/h3-5,7,10,13-14H,1-2H3,(H,15,16)/t7-,10-/m0/s1. The Hall–Kier alpha value is -1.51. The molecule has 0 aliphatic carbocycles. The lowest BCUT2D eigenvalue weighted by atomic mass is 10.2. The summed E-state index contributed by atoms with van der Waals surface area (Å²) in [5, 5.41) is 18.1. The molecule has 106 valence electrons. The second-order valence-corrected chi connectivity index (χ2v) is 5.72. The summed E-state index contributed by atoms with van der Waals surface area (Å²) >= 11 is 0. The van der Waals surface area contributed by atoms with Gasteiger partial charge in [-0.05, 0) is 26.0 Å². The molecule has 0 aromatic heterocycles. The Morgan fingerprint density at radius 3 is 2.47 bits per heavy atom. The fraction of sp³-hybridized carbons (Fsp3) is 0.364. The van der Waals surface area contributed by atoms with Crippen LogP contribution in [-0.4, -0.2) is 36.7 Å². The van der Waals surface area contributed by atoms with Crippen LogP contribution in [0.15, 0.2) is 23.1 Å². The number of aliphatic carboxylic acids is 1. The third-order valence-corrected chi connectivity index (χ3v) is 4.12. The highest BCUT2D eigenvalue weighted by Crippen LogP contribution is 2.18. The molecule has 2 atom stereocenters. The van der Waals surface area contributed by atoms with Crippen molar-refractivity contribution < 1.29 is 27.8 Å². The van der Waals surface area contributed by atoms with Gasteiger partial charge in [0.15, 0.2) is 0 Å². The largest absolute Gasteiger partial charge is 0.480 e. The van der Waals surface area contributed by atoms with Crippen molar-refractivity contribution in [2.24, 2.45) is 0 Å². The molecular formula is C11H14FNO5S. The van der Waals surface area contributed by atoms with Gasteiger partial charge in [-0.15, -0.1) is 0 Å². The van der Waals surface area contributed by atoms with Crippen molar-refractivity contribution in [1.82, 2.24) is 4.72 Å². The molecule has 1 aromatic rings. The van der Waals surface area contributed by atoms with Crippen LogP contribution < -0.4 is 4.72 Å². The molecule has 6 nitrogen and oxygen atoms in total. The zero-order valence-corrected chi connectivity index (χ0v) is 11.1. The molecule has 0 amide bonds. The van der Waals surface area contributed by atoms with Gasteiger partial charge in [0.2, 0.25) is 10.0 Å². The van der Waals surface area contributed by atoms with Crippen LogP contribution >= 0.6 is 0 Å². The van der Waals surface area contributed by atoms with E-state index in [1.54, 1.807) is 0 Å². The number of aliphatic hydroxyl groups excluding tert-OH is 1. The van der Waals surface area contributed by atoms with Crippen molar-refractivity contribution in [3.05, 3.63) is 29.6 Å². The van der Waals surface area contributed by atoms with E-state index in [9.17, 15) is 22.7 Å². The molecule has 0 unspecified atom stereocenters. The molecular weight excluding hydrogens is 277 g/mol. The number of hydrogen-bond acceptors (Lipinski definition) is 4. The van der Waals surface area contributed by atoms with E-state index in [1.165, 1.54) is 13.0 Å². The Bertz CT molecular complexity index is 585. The van der Waals surface area contributed by atoms with Crippen molar-refractivity contribution in [3.8, 4) is 0 Å². The Kier molecular flexibility index (Phi) is 4.61. The first kappa shape index (κ1) is 15.5. The van der Waals surface area contributed by atoms with Crippen LogP contribution in [0.1, 0.15) is 12.5 Å². The molecule has 19 heavy (non-hydrogen) atoms. The van der Waals surface area contributed by atoms with E-state index in [0.717, 1.165) is 19.1 Å². The van der Waals surface area contributed by atoms with Crippen LogP contribution in [0, 0.1) is 12.7 Å². The summed E-state index contributed by atoms with van der Waals surface area (Å²) in [5.41, 5.74) is -0.121. The molecule has 1 aromatic carbocycles. The van der Waals surface area contributed by atoms with Crippen LogP contribution in [0.3, 0.4) is 0 Å². The topological polar surface area (TPSA) is 104 Å². The predicted octanol–water partition coefficient (Wildman–Crippen LogP) is 0.246. The Labute approximate surface area is 109 Å². The van der Waals surface area contributed by atoms with E-state index >= 15 is 0 Å². The first-order valence-corrected chi connectivity index (χ1v) is 6.83. The lowest BCUT2D eigenvalue weighted by molar-refractivity contribution is -0.141. The van der Waals surface area contributed by atoms with Crippen molar-refractivity contribution >= 4 is 16.0 Å². The van der Waals surface area contributed by atoms with E-state index in [-0.39, 0.29) is 10.5 Å². The van der Waals surface area contributed by atoms with Crippen LogP contribution in [0.5, 0.6) is 0 Å². The summed E-state index contributed by atoms with van der Waals surface area (Å²) < 4.78 is 39.1. The number of aliphatic hydroxyl groups is 1. The SMILES string of the molecule is Cc1c(F)cccc1S(=O)(=O)N[C@H](C(=O)O)[C@H](C)O. The van der Waals surface area contributed by atoms with Crippen molar-refractivity contribution in [2.45, 2.75) is 30.9 Å².